The van der Waals surface area contributed by atoms with E-state index >= 15 is 0 Å². The van der Waals surface area contributed by atoms with Crippen molar-refractivity contribution in [3.8, 4) is 0 Å². The Morgan fingerprint density at radius 2 is 1.60 bits per heavy atom. The quantitative estimate of drug-likeness (QED) is 0.700. The van der Waals surface area contributed by atoms with Gasteiger partial charge in [-0.15, -0.1) is 0 Å². The van der Waals surface area contributed by atoms with Crippen LogP contribution >= 0.6 is 0 Å². The third-order valence-corrected chi connectivity index (χ3v) is 5.67. The van der Waals surface area contributed by atoms with E-state index in [-0.39, 0.29) is 0 Å². The van der Waals surface area contributed by atoms with E-state index in [1.165, 1.54) is 64.2 Å². The summed E-state index contributed by atoms with van der Waals surface area (Å²) < 4.78 is 0. The zero-order valence-electron chi connectivity index (χ0n) is 9.88. The SMILES string of the molecule is NC1CCC2(CCCC2)C(C2CCC2)C1. The molecule has 15 heavy (non-hydrogen) atoms. The van der Waals surface area contributed by atoms with Crippen molar-refractivity contribution in [2.75, 3.05) is 0 Å². The second kappa shape index (κ2) is 3.76. The van der Waals surface area contributed by atoms with Crippen LogP contribution in [0.1, 0.15) is 64.2 Å². The van der Waals surface area contributed by atoms with Gasteiger partial charge in [-0.05, 0) is 49.4 Å². The topological polar surface area (TPSA) is 26.0 Å². The van der Waals surface area contributed by atoms with Crippen molar-refractivity contribution in [2.24, 2.45) is 23.0 Å². The molecule has 2 unspecified atom stereocenters. The van der Waals surface area contributed by atoms with Crippen LogP contribution in [-0.2, 0) is 0 Å². The van der Waals surface area contributed by atoms with Crippen molar-refractivity contribution >= 4 is 0 Å². The second-order valence-corrected chi connectivity index (χ2v) is 6.40. The van der Waals surface area contributed by atoms with Gasteiger partial charge < -0.3 is 5.73 Å². The molecule has 2 N–H and O–H groups in total. The highest BCUT2D eigenvalue weighted by atomic mass is 14.7. The lowest BCUT2D eigenvalue weighted by molar-refractivity contribution is 0.0116. The fourth-order valence-electron chi connectivity index (χ4n) is 4.59. The first-order valence-corrected chi connectivity index (χ1v) is 7.06. The van der Waals surface area contributed by atoms with Crippen LogP contribution in [-0.4, -0.2) is 6.04 Å². The molecular weight excluding hydrogens is 182 g/mol. The lowest BCUT2D eigenvalue weighted by Crippen LogP contribution is -2.45. The largest absolute Gasteiger partial charge is 0.328 e. The third-order valence-electron chi connectivity index (χ3n) is 5.67. The first kappa shape index (κ1) is 10.1. The maximum atomic E-state index is 6.19. The minimum atomic E-state index is 0.529. The fraction of sp³-hybridized carbons (Fsp3) is 1.00. The average Bonchev–Trinajstić information content (AvgIpc) is 2.59. The predicted octanol–water partition coefficient (Wildman–Crippen LogP) is 3.47. The van der Waals surface area contributed by atoms with Crippen LogP contribution in [0.4, 0.5) is 0 Å². The molecule has 3 rings (SSSR count). The Morgan fingerprint density at radius 1 is 0.867 bits per heavy atom. The van der Waals surface area contributed by atoms with E-state index in [1.807, 2.05) is 0 Å². The van der Waals surface area contributed by atoms with E-state index in [4.69, 9.17) is 5.73 Å². The first-order chi connectivity index (χ1) is 7.30. The summed E-state index contributed by atoms with van der Waals surface area (Å²) >= 11 is 0. The number of nitrogens with two attached hydrogens (primary N) is 1. The van der Waals surface area contributed by atoms with Crippen molar-refractivity contribution in [3.05, 3.63) is 0 Å². The van der Waals surface area contributed by atoms with E-state index in [0.29, 0.717) is 6.04 Å². The zero-order valence-corrected chi connectivity index (χ0v) is 9.88. The van der Waals surface area contributed by atoms with Gasteiger partial charge in [0.25, 0.3) is 0 Å². The fourth-order valence-corrected chi connectivity index (χ4v) is 4.59. The minimum absolute atomic E-state index is 0.529. The summed E-state index contributed by atoms with van der Waals surface area (Å²) in [7, 11) is 0. The number of hydrogen-bond acceptors (Lipinski definition) is 1. The van der Waals surface area contributed by atoms with Crippen LogP contribution in [0.15, 0.2) is 0 Å². The first-order valence-electron chi connectivity index (χ1n) is 7.06. The molecule has 0 bridgehead atoms. The molecule has 0 aliphatic heterocycles. The van der Waals surface area contributed by atoms with Gasteiger partial charge in [-0.1, -0.05) is 32.1 Å². The maximum Gasteiger partial charge on any atom is 0.00419 e. The summed E-state index contributed by atoms with van der Waals surface area (Å²) in [6.07, 6.45) is 14.7. The molecule has 0 radical (unpaired) electrons. The van der Waals surface area contributed by atoms with Crippen molar-refractivity contribution in [3.63, 3.8) is 0 Å². The van der Waals surface area contributed by atoms with Gasteiger partial charge in [0.1, 0.15) is 0 Å². The summed E-state index contributed by atoms with van der Waals surface area (Å²) in [6.45, 7) is 0. The summed E-state index contributed by atoms with van der Waals surface area (Å²) in [5, 5.41) is 0. The van der Waals surface area contributed by atoms with Gasteiger partial charge in [0.15, 0.2) is 0 Å². The van der Waals surface area contributed by atoms with Gasteiger partial charge in [0.05, 0.1) is 0 Å². The highest BCUT2D eigenvalue weighted by Crippen LogP contribution is 2.57. The third kappa shape index (κ3) is 1.63. The lowest BCUT2D eigenvalue weighted by Gasteiger charge is -2.50. The van der Waals surface area contributed by atoms with Gasteiger partial charge >= 0.3 is 0 Å². The van der Waals surface area contributed by atoms with E-state index in [2.05, 4.69) is 0 Å². The molecule has 86 valence electrons. The lowest BCUT2D eigenvalue weighted by atomic mass is 9.56. The van der Waals surface area contributed by atoms with Crippen molar-refractivity contribution in [2.45, 2.75) is 70.3 Å². The molecule has 0 aromatic carbocycles. The summed E-state index contributed by atoms with van der Waals surface area (Å²) in [6, 6.07) is 0.529. The molecule has 3 aliphatic rings. The standard InChI is InChI=1S/C14H25N/c15-12-6-9-14(7-1-2-8-14)13(10-12)11-4-3-5-11/h11-13H,1-10,15H2. The molecule has 3 saturated carbocycles. The molecule has 1 nitrogen and oxygen atoms in total. The van der Waals surface area contributed by atoms with Gasteiger partial charge in [-0.2, -0.15) is 0 Å². The molecule has 1 heteroatoms. The average molecular weight is 207 g/mol. The van der Waals surface area contributed by atoms with Gasteiger partial charge in [-0.3, -0.25) is 0 Å². The van der Waals surface area contributed by atoms with E-state index in [0.717, 1.165) is 17.3 Å². The Kier molecular flexibility index (Phi) is 2.54. The van der Waals surface area contributed by atoms with Crippen LogP contribution in [0.5, 0.6) is 0 Å². The van der Waals surface area contributed by atoms with Crippen LogP contribution < -0.4 is 5.73 Å². The molecular formula is C14H25N. The number of rotatable bonds is 1. The van der Waals surface area contributed by atoms with Crippen molar-refractivity contribution in [1.29, 1.82) is 0 Å². The summed E-state index contributed by atoms with van der Waals surface area (Å²) in [4.78, 5) is 0. The van der Waals surface area contributed by atoms with E-state index in [1.54, 1.807) is 0 Å². The molecule has 3 aliphatic carbocycles. The van der Waals surface area contributed by atoms with Crippen LogP contribution in [0.3, 0.4) is 0 Å². The molecule has 3 fully saturated rings. The van der Waals surface area contributed by atoms with Crippen LogP contribution in [0.2, 0.25) is 0 Å². The Labute approximate surface area is 93.8 Å². The maximum absolute atomic E-state index is 6.19. The second-order valence-electron chi connectivity index (χ2n) is 6.40. The van der Waals surface area contributed by atoms with E-state index < -0.39 is 0 Å². The molecule has 0 heterocycles. The summed E-state index contributed by atoms with van der Waals surface area (Å²) in [5.41, 5.74) is 6.96. The highest BCUT2D eigenvalue weighted by Gasteiger charge is 2.48. The molecule has 1 spiro atoms. The number of hydrogen-bond donors (Lipinski definition) is 1. The van der Waals surface area contributed by atoms with Crippen molar-refractivity contribution < 1.29 is 0 Å². The normalized spacial score (nSPS) is 40.6. The van der Waals surface area contributed by atoms with Crippen molar-refractivity contribution in [1.82, 2.24) is 0 Å². The molecule has 0 aromatic heterocycles. The van der Waals surface area contributed by atoms with Gasteiger partial charge in [0, 0.05) is 6.04 Å². The minimum Gasteiger partial charge on any atom is -0.328 e. The molecule has 0 saturated heterocycles. The Morgan fingerprint density at radius 3 is 2.20 bits per heavy atom. The van der Waals surface area contributed by atoms with Gasteiger partial charge in [-0.25, -0.2) is 0 Å². The highest BCUT2D eigenvalue weighted by molar-refractivity contribution is 4.99. The van der Waals surface area contributed by atoms with Crippen LogP contribution in [0.25, 0.3) is 0 Å². The Bertz CT molecular complexity index is 225. The monoisotopic (exact) mass is 207 g/mol. The zero-order chi connectivity index (χ0) is 10.3. The van der Waals surface area contributed by atoms with Crippen LogP contribution in [0, 0.1) is 17.3 Å². The smallest absolute Gasteiger partial charge is 0.00419 e. The predicted molar refractivity (Wildman–Crippen MR) is 63.6 cm³/mol. The molecule has 0 aromatic rings. The molecule has 0 amide bonds. The Balaban J connectivity index is 1.78. The van der Waals surface area contributed by atoms with Gasteiger partial charge in [0.2, 0.25) is 0 Å². The molecule has 2 atom stereocenters. The van der Waals surface area contributed by atoms with E-state index in [9.17, 15) is 0 Å². The Hall–Kier alpha value is -0.0400. The summed E-state index contributed by atoms with van der Waals surface area (Å²) in [5.74, 6) is 2.08.